The highest BCUT2D eigenvalue weighted by molar-refractivity contribution is 5.92. The number of nitro groups is 1. The number of non-ortho nitro benzene ring substituents is 1. The third-order valence-corrected chi connectivity index (χ3v) is 4.33. The van der Waals surface area contributed by atoms with Crippen molar-refractivity contribution in [3.05, 3.63) is 33.9 Å². The SMILES string of the molecule is Cc1ccc([N+](=O)[O-])cc1NC(=O)CCN1CCCC(C(F)(F)F)C1. The number of anilines is 1. The summed E-state index contributed by atoms with van der Waals surface area (Å²) in [5.41, 5.74) is 0.880. The Morgan fingerprint density at radius 2 is 2.16 bits per heavy atom. The number of halogens is 3. The summed E-state index contributed by atoms with van der Waals surface area (Å²) in [6, 6.07) is 4.15. The minimum absolute atomic E-state index is 0.0344. The number of nitrogens with one attached hydrogen (secondary N) is 1. The Labute approximate surface area is 143 Å². The van der Waals surface area contributed by atoms with Gasteiger partial charge in [-0.1, -0.05) is 6.07 Å². The predicted molar refractivity (Wildman–Crippen MR) is 86.3 cm³/mol. The number of aryl methyl sites for hydroxylation is 1. The van der Waals surface area contributed by atoms with Crippen molar-refractivity contribution in [2.75, 3.05) is 25.0 Å². The zero-order chi connectivity index (χ0) is 18.6. The lowest BCUT2D eigenvalue weighted by molar-refractivity contribution is -0.384. The van der Waals surface area contributed by atoms with Gasteiger partial charge in [-0.3, -0.25) is 14.9 Å². The van der Waals surface area contributed by atoms with E-state index in [2.05, 4.69) is 5.32 Å². The van der Waals surface area contributed by atoms with Crippen LogP contribution in [0, 0.1) is 23.0 Å². The maximum Gasteiger partial charge on any atom is 0.393 e. The minimum Gasteiger partial charge on any atom is -0.326 e. The molecule has 1 fully saturated rings. The number of hydrogen-bond acceptors (Lipinski definition) is 4. The fourth-order valence-electron chi connectivity index (χ4n) is 2.86. The number of carbonyl (C=O) groups is 1. The van der Waals surface area contributed by atoms with E-state index in [1.54, 1.807) is 11.8 Å². The number of alkyl halides is 3. The highest BCUT2D eigenvalue weighted by atomic mass is 19.4. The molecule has 0 saturated carbocycles. The molecule has 0 aromatic heterocycles. The molecule has 0 bridgehead atoms. The standard InChI is InChI=1S/C16H20F3N3O3/c1-11-4-5-13(22(24)25)9-14(11)20-15(23)6-8-21-7-2-3-12(10-21)16(17,18)19/h4-5,9,12H,2-3,6-8,10H2,1H3,(H,20,23). The monoisotopic (exact) mass is 359 g/mol. The van der Waals surface area contributed by atoms with E-state index in [1.807, 2.05) is 0 Å². The summed E-state index contributed by atoms with van der Waals surface area (Å²) in [6.45, 7) is 2.38. The molecule has 2 rings (SSSR count). The number of nitrogens with zero attached hydrogens (tertiary/aromatic N) is 2. The molecule has 1 amide bonds. The van der Waals surface area contributed by atoms with Crippen LogP contribution in [0.5, 0.6) is 0 Å². The molecule has 138 valence electrons. The molecule has 1 aliphatic rings. The molecular weight excluding hydrogens is 339 g/mol. The Balaban J connectivity index is 1.89. The van der Waals surface area contributed by atoms with Crippen LogP contribution < -0.4 is 5.32 Å². The average Bonchev–Trinajstić information content (AvgIpc) is 2.54. The van der Waals surface area contributed by atoms with Crippen LogP contribution >= 0.6 is 0 Å². The van der Waals surface area contributed by atoms with Crippen LogP contribution in [0.3, 0.4) is 0 Å². The second-order valence-corrected chi connectivity index (χ2v) is 6.24. The van der Waals surface area contributed by atoms with Crippen LogP contribution in [0.1, 0.15) is 24.8 Å². The van der Waals surface area contributed by atoms with Gasteiger partial charge < -0.3 is 10.2 Å². The summed E-state index contributed by atoms with van der Waals surface area (Å²) in [5.74, 6) is -1.72. The number of piperidine rings is 1. The Bertz CT molecular complexity index is 649. The van der Waals surface area contributed by atoms with E-state index >= 15 is 0 Å². The lowest BCUT2D eigenvalue weighted by Crippen LogP contribution is -2.42. The normalized spacial score (nSPS) is 18.8. The van der Waals surface area contributed by atoms with E-state index in [0.29, 0.717) is 24.2 Å². The molecule has 1 aliphatic heterocycles. The molecule has 1 aromatic carbocycles. The first-order chi connectivity index (χ1) is 11.7. The Kier molecular flexibility index (Phi) is 5.99. The maximum atomic E-state index is 12.8. The van der Waals surface area contributed by atoms with Crippen molar-refractivity contribution in [1.82, 2.24) is 4.90 Å². The van der Waals surface area contributed by atoms with Crippen LogP contribution in [-0.4, -0.2) is 41.5 Å². The molecule has 1 aromatic rings. The fourth-order valence-corrected chi connectivity index (χ4v) is 2.86. The molecule has 0 radical (unpaired) electrons. The lowest BCUT2D eigenvalue weighted by atomic mass is 9.97. The topological polar surface area (TPSA) is 75.5 Å². The minimum atomic E-state index is -4.21. The quantitative estimate of drug-likeness (QED) is 0.645. The smallest absolute Gasteiger partial charge is 0.326 e. The van der Waals surface area contributed by atoms with Gasteiger partial charge in [-0.25, -0.2) is 0 Å². The van der Waals surface area contributed by atoms with Crippen molar-refractivity contribution < 1.29 is 22.9 Å². The van der Waals surface area contributed by atoms with Gasteiger partial charge in [-0.05, 0) is 31.9 Å². The molecular formula is C16H20F3N3O3. The molecule has 6 nitrogen and oxygen atoms in total. The predicted octanol–water partition coefficient (Wildman–Crippen LogP) is 3.51. The average molecular weight is 359 g/mol. The first-order valence-corrected chi connectivity index (χ1v) is 8.01. The van der Waals surface area contributed by atoms with E-state index in [0.717, 1.165) is 0 Å². The van der Waals surface area contributed by atoms with Gasteiger partial charge in [-0.15, -0.1) is 0 Å². The van der Waals surface area contributed by atoms with Gasteiger partial charge in [0.25, 0.3) is 5.69 Å². The highest BCUT2D eigenvalue weighted by Gasteiger charge is 2.41. The summed E-state index contributed by atoms with van der Waals surface area (Å²) in [4.78, 5) is 23.9. The van der Waals surface area contributed by atoms with Gasteiger partial charge >= 0.3 is 6.18 Å². The molecule has 1 heterocycles. The van der Waals surface area contributed by atoms with Gasteiger partial charge in [0.2, 0.25) is 5.91 Å². The van der Waals surface area contributed by atoms with Gasteiger partial charge in [0, 0.05) is 31.6 Å². The number of rotatable bonds is 5. The first kappa shape index (κ1) is 19.2. The van der Waals surface area contributed by atoms with E-state index in [-0.39, 0.29) is 37.5 Å². The molecule has 1 N–H and O–H groups in total. The third kappa shape index (κ3) is 5.42. The number of nitro benzene ring substituents is 1. The van der Waals surface area contributed by atoms with Crippen molar-refractivity contribution in [3.8, 4) is 0 Å². The zero-order valence-electron chi connectivity index (χ0n) is 13.8. The zero-order valence-corrected chi connectivity index (χ0v) is 13.8. The highest BCUT2D eigenvalue weighted by Crippen LogP contribution is 2.33. The molecule has 0 aliphatic carbocycles. The van der Waals surface area contributed by atoms with Gasteiger partial charge in [0.1, 0.15) is 0 Å². The Morgan fingerprint density at radius 3 is 2.80 bits per heavy atom. The third-order valence-electron chi connectivity index (χ3n) is 4.33. The number of carbonyl (C=O) groups excluding carboxylic acids is 1. The first-order valence-electron chi connectivity index (χ1n) is 8.01. The van der Waals surface area contributed by atoms with Gasteiger partial charge in [0.05, 0.1) is 16.5 Å². The lowest BCUT2D eigenvalue weighted by Gasteiger charge is -2.33. The van der Waals surface area contributed by atoms with Crippen LogP contribution in [0.25, 0.3) is 0 Å². The summed E-state index contributed by atoms with van der Waals surface area (Å²) >= 11 is 0. The summed E-state index contributed by atoms with van der Waals surface area (Å²) in [5, 5.41) is 13.4. The molecule has 0 spiro atoms. The second-order valence-electron chi connectivity index (χ2n) is 6.24. The van der Waals surface area contributed by atoms with Gasteiger partial charge in [-0.2, -0.15) is 13.2 Å². The van der Waals surface area contributed by atoms with Crippen molar-refractivity contribution in [2.45, 2.75) is 32.4 Å². The fraction of sp³-hybridized carbons (Fsp3) is 0.562. The van der Waals surface area contributed by atoms with Crippen molar-refractivity contribution in [2.24, 2.45) is 5.92 Å². The Morgan fingerprint density at radius 1 is 1.44 bits per heavy atom. The molecule has 1 unspecified atom stereocenters. The number of benzene rings is 1. The largest absolute Gasteiger partial charge is 0.393 e. The van der Waals surface area contributed by atoms with Crippen LogP contribution in [-0.2, 0) is 4.79 Å². The molecule has 1 saturated heterocycles. The van der Waals surface area contributed by atoms with E-state index in [1.165, 1.54) is 18.2 Å². The van der Waals surface area contributed by atoms with Crippen molar-refractivity contribution >= 4 is 17.3 Å². The van der Waals surface area contributed by atoms with E-state index < -0.39 is 17.0 Å². The number of amides is 1. The molecule has 25 heavy (non-hydrogen) atoms. The van der Waals surface area contributed by atoms with Crippen LogP contribution in [0.4, 0.5) is 24.5 Å². The molecule has 9 heteroatoms. The molecule has 1 atom stereocenters. The maximum absolute atomic E-state index is 12.8. The Hall–Kier alpha value is -2.16. The van der Waals surface area contributed by atoms with Crippen molar-refractivity contribution in [3.63, 3.8) is 0 Å². The second kappa shape index (κ2) is 7.81. The van der Waals surface area contributed by atoms with Crippen LogP contribution in [0.15, 0.2) is 18.2 Å². The van der Waals surface area contributed by atoms with Crippen molar-refractivity contribution in [1.29, 1.82) is 0 Å². The van der Waals surface area contributed by atoms with E-state index in [4.69, 9.17) is 0 Å². The summed E-state index contributed by atoms with van der Waals surface area (Å²) in [6.07, 6.45) is -3.59. The van der Waals surface area contributed by atoms with E-state index in [9.17, 15) is 28.1 Å². The summed E-state index contributed by atoms with van der Waals surface area (Å²) < 4.78 is 38.4. The number of likely N-dealkylation sites (tertiary alicyclic amines) is 1. The van der Waals surface area contributed by atoms with Crippen LogP contribution in [0.2, 0.25) is 0 Å². The summed E-state index contributed by atoms with van der Waals surface area (Å²) in [7, 11) is 0. The van der Waals surface area contributed by atoms with Gasteiger partial charge in [0.15, 0.2) is 0 Å². The number of hydrogen-bond donors (Lipinski definition) is 1.